The van der Waals surface area contributed by atoms with Crippen molar-refractivity contribution in [3.63, 3.8) is 0 Å². The molecule has 2 aliphatic rings. The standard InChI is InChI=1S/C36H49NO2.C2H6.Hf.H2O/c1-11-27(39-10)17-32(37-9)29-16-26(23(2)3)12-13-28(29)30-14-24(4)15-31(33(30)38)36-20-25(18-34(5,6)21-36)19-35(7,8)22-36;1-2;;/h11-17,23,25,38H,1,18-22H2,2-10H3;1-2H3;;1H2/b27-17+,37-32?;;;. The SMILES string of the molecule is C=C/C(=C\C(=NC)c1cc(C(C)C)ccc1-c1cc(C)cc(C23CC(CC(C)(C)C2)CC(C)(C)C3)c1O)OC.CC.O.[Hf]. The van der Waals surface area contributed by atoms with Crippen molar-refractivity contribution < 1.29 is 41.2 Å². The molecule has 0 spiro atoms. The van der Waals surface area contributed by atoms with Gasteiger partial charge in [-0.25, -0.2) is 0 Å². The third-order valence-electron chi connectivity index (χ3n) is 9.05. The van der Waals surface area contributed by atoms with Gasteiger partial charge < -0.3 is 15.3 Å². The van der Waals surface area contributed by atoms with Gasteiger partial charge in [0.05, 0.1) is 12.8 Å². The first-order valence-electron chi connectivity index (χ1n) is 15.6. The van der Waals surface area contributed by atoms with Gasteiger partial charge in [-0.15, -0.1) is 0 Å². The Kier molecular flexibility index (Phi) is 13.9. The zero-order valence-corrected chi connectivity index (χ0v) is 32.3. The molecule has 2 aromatic rings. The Balaban J connectivity index is 0.00000226. The largest absolute Gasteiger partial charge is 0.507 e. The van der Waals surface area contributed by atoms with Crippen molar-refractivity contribution in [2.75, 3.05) is 14.2 Å². The van der Waals surface area contributed by atoms with E-state index in [1.807, 2.05) is 27.0 Å². The van der Waals surface area contributed by atoms with E-state index < -0.39 is 0 Å². The summed E-state index contributed by atoms with van der Waals surface area (Å²) >= 11 is 0. The van der Waals surface area contributed by atoms with Crippen LogP contribution < -0.4 is 0 Å². The van der Waals surface area contributed by atoms with Crippen LogP contribution >= 0.6 is 0 Å². The second-order valence-electron chi connectivity index (χ2n) is 14.2. The summed E-state index contributed by atoms with van der Waals surface area (Å²) in [5, 5.41) is 12.2. The number of nitrogens with zero attached hydrogens (tertiary/aromatic N) is 1. The molecule has 0 amide bonds. The predicted octanol–water partition coefficient (Wildman–Crippen LogP) is 9.71. The number of aryl methyl sites for hydroxylation is 1. The van der Waals surface area contributed by atoms with E-state index >= 15 is 0 Å². The number of hydrogen-bond donors (Lipinski definition) is 1. The maximum atomic E-state index is 12.2. The summed E-state index contributed by atoms with van der Waals surface area (Å²) in [4.78, 5) is 4.66. The molecule has 2 saturated carbocycles. The zero-order valence-electron chi connectivity index (χ0n) is 28.7. The minimum absolute atomic E-state index is 0. The van der Waals surface area contributed by atoms with E-state index in [1.54, 1.807) is 13.2 Å². The number of ether oxygens (including phenoxy) is 1. The summed E-state index contributed by atoms with van der Waals surface area (Å²) in [7, 11) is 3.46. The van der Waals surface area contributed by atoms with Crippen LogP contribution in [0.4, 0.5) is 0 Å². The fraction of sp³-hybridized carbons (Fsp3) is 0.553. The molecule has 0 atom stereocenters. The number of phenolic OH excluding ortho intramolecular Hbond substituents is 1. The van der Waals surface area contributed by atoms with Crippen molar-refractivity contribution in [2.24, 2.45) is 21.7 Å². The van der Waals surface area contributed by atoms with Gasteiger partial charge in [0, 0.05) is 61.1 Å². The van der Waals surface area contributed by atoms with Gasteiger partial charge in [-0.2, -0.15) is 0 Å². The van der Waals surface area contributed by atoms with Gasteiger partial charge in [0.2, 0.25) is 0 Å². The Morgan fingerprint density at radius 2 is 1.58 bits per heavy atom. The summed E-state index contributed by atoms with van der Waals surface area (Å²) in [5.41, 5.74) is 7.73. The summed E-state index contributed by atoms with van der Waals surface area (Å²) in [5.74, 6) is 2.15. The average Bonchev–Trinajstić information content (AvgIpc) is 2.89. The van der Waals surface area contributed by atoms with Gasteiger partial charge in [-0.05, 0) is 96.6 Å². The zero-order chi connectivity index (χ0) is 30.8. The van der Waals surface area contributed by atoms with Gasteiger partial charge in [-0.1, -0.05) is 80.2 Å². The van der Waals surface area contributed by atoms with Crippen molar-refractivity contribution in [3.8, 4) is 16.9 Å². The molecule has 0 radical (unpaired) electrons. The van der Waals surface area contributed by atoms with Crippen LogP contribution in [0.15, 0.2) is 59.8 Å². The van der Waals surface area contributed by atoms with E-state index in [4.69, 9.17) is 4.74 Å². The Bertz CT molecular complexity index is 1300. The van der Waals surface area contributed by atoms with E-state index in [0.717, 1.165) is 47.2 Å². The van der Waals surface area contributed by atoms with Crippen LogP contribution in [-0.2, 0) is 36.0 Å². The third-order valence-corrected chi connectivity index (χ3v) is 9.05. The molecule has 43 heavy (non-hydrogen) atoms. The van der Waals surface area contributed by atoms with Gasteiger partial charge >= 0.3 is 0 Å². The number of methoxy groups -OCH3 is 1. The van der Waals surface area contributed by atoms with Gasteiger partial charge in [0.25, 0.3) is 0 Å². The molecule has 0 unspecified atom stereocenters. The number of phenols is 1. The van der Waals surface area contributed by atoms with Crippen LogP contribution in [0.5, 0.6) is 5.75 Å². The summed E-state index contributed by atoms with van der Waals surface area (Å²) in [6, 6.07) is 11.0. The minimum atomic E-state index is -0.0231. The number of fused-ring (bicyclic) bond motifs is 2. The van der Waals surface area contributed by atoms with Gasteiger partial charge in [0.1, 0.15) is 11.5 Å². The fourth-order valence-corrected chi connectivity index (χ4v) is 8.17. The van der Waals surface area contributed by atoms with E-state index in [-0.39, 0.29) is 47.6 Å². The Labute approximate surface area is 281 Å². The van der Waals surface area contributed by atoms with Crippen molar-refractivity contribution in [2.45, 2.75) is 106 Å². The minimum Gasteiger partial charge on any atom is -0.507 e. The first-order valence-corrected chi connectivity index (χ1v) is 15.6. The Morgan fingerprint density at radius 1 is 1.00 bits per heavy atom. The van der Waals surface area contributed by atoms with E-state index in [1.165, 1.54) is 24.0 Å². The van der Waals surface area contributed by atoms with E-state index in [0.29, 0.717) is 23.3 Å². The van der Waals surface area contributed by atoms with Crippen LogP contribution in [-0.4, -0.2) is 30.5 Å². The molecule has 5 heteroatoms. The number of aromatic hydroxyl groups is 1. The molecule has 2 fully saturated rings. The van der Waals surface area contributed by atoms with Crippen molar-refractivity contribution in [1.82, 2.24) is 0 Å². The van der Waals surface area contributed by atoms with E-state index in [2.05, 4.69) is 90.4 Å². The number of hydrogen-bond acceptors (Lipinski definition) is 3. The van der Waals surface area contributed by atoms with Crippen molar-refractivity contribution in [1.29, 1.82) is 0 Å². The topological polar surface area (TPSA) is 73.3 Å². The Morgan fingerprint density at radius 3 is 2.07 bits per heavy atom. The van der Waals surface area contributed by atoms with Crippen LogP contribution in [0, 0.1) is 23.7 Å². The van der Waals surface area contributed by atoms with Crippen molar-refractivity contribution in [3.05, 3.63) is 77.1 Å². The molecule has 236 valence electrons. The van der Waals surface area contributed by atoms with Crippen LogP contribution in [0.3, 0.4) is 0 Å². The molecule has 0 heterocycles. The third kappa shape index (κ3) is 8.60. The number of rotatable bonds is 7. The number of benzene rings is 2. The second-order valence-corrected chi connectivity index (χ2v) is 14.2. The Hall–Kier alpha value is -1.98. The first-order chi connectivity index (χ1) is 19.2. The number of allylic oxidation sites excluding steroid dienone is 2. The molecule has 4 nitrogen and oxygen atoms in total. The molecule has 2 aromatic carbocycles. The molecule has 4 rings (SSSR count). The molecule has 2 bridgehead atoms. The maximum Gasteiger partial charge on any atom is 0.127 e. The van der Waals surface area contributed by atoms with Crippen LogP contribution in [0.1, 0.15) is 116 Å². The average molecular weight is 754 g/mol. The van der Waals surface area contributed by atoms with Crippen LogP contribution in [0.25, 0.3) is 11.1 Å². The van der Waals surface area contributed by atoms with E-state index in [9.17, 15) is 5.11 Å². The van der Waals surface area contributed by atoms with Gasteiger partial charge in [-0.3, -0.25) is 4.99 Å². The second kappa shape index (κ2) is 15.3. The summed E-state index contributed by atoms with van der Waals surface area (Å²) in [6.45, 7) is 24.2. The molecular weight excluding hydrogens is 697 g/mol. The molecular formula is C38H57HfNO3. The molecule has 0 aliphatic heterocycles. The summed E-state index contributed by atoms with van der Waals surface area (Å²) < 4.78 is 5.51. The van der Waals surface area contributed by atoms with Crippen molar-refractivity contribution >= 4 is 5.71 Å². The first kappa shape index (κ1) is 39.0. The number of aliphatic imine (C=N–C) groups is 1. The smallest absolute Gasteiger partial charge is 0.127 e. The molecule has 0 aromatic heterocycles. The molecule has 3 N–H and O–H groups in total. The van der Waals surface area contributed by atoms with Gasteiger partial charge in [0.15, 0.2) is 0 Å². The summed E-state index contributed by atoms with van der Waals surface area (Å²) in [6.07, 6.45) is 9.55. The monoisotopic (exact) mass is 755 g/mol. The molecule has 0 saturated heterocycles. The fourth-order valence-electron chi connectivity index (χ4n) is 8.17. The molecule has 2 aliphatic carbocycles. The van der Waals surface area contributed by atoms with Crippen LogP contribution in [0.2, 0.25) is 0 Å². The normalized spacial score (nSPS) is 22.4. The quantitative estimate of drug-likeness (QED) is 0.132. The predicted molar refractivity (Wildman–Crippen MR) is 181 cm³/mol. The maximum absolute atomic E-state index is 12.2.